The van der Waals surface area contributed by atoms with Crippen LogP contribution in [0.5, 0.6) is 5.88 Å². The molecule has 0 N–H and O–H groups in total. The Morgan fingerprint density at radius 3 is 2.74 bits per heavy atom. The topological polar surface area (TPSA) is 49.2 Å². The van der Waals surface area contributed by atoms with Gasteiger partial charge in [-0.2, -0.15) is 0 Å². The predicted octanol–water partition coefficient (Wildman–Crippen LogP) is 5.84. The third-order valence-electron chi connectivity index (χ3n) is 5.78. The lowest BCUT2D eigenvalue weighted by molar-refractivity contribution is -0.0595. The molecule has 3 heterocycles. The van der Waals surface area contributed by atoms with Crippen LogP contribution in [0.3, 0.4) is 0 Å². The molecule has 0 spiro atoms. The zero-order valence-electron chi connectivity index (χ0n) is 18.3. The number of aromatic nitrogens is 3. The van der Waals surface area contributed by atoms with E-state index < -0.39 is 5.82 Å². The molecule has 0 bridgehead atoms. The normalized spacial score (nSPS) is 15.2. The Hall–Kier alpha value is -3.29. The lowest BCUT2D eigenvalue weighted by Gasteiger charge is -2.27. The third-order valence-corrected chi connectivity index (χ3v) is 6.02. The van der Waals surface area contributed by atoms with Crippen LogP contribution in [0.15, 0.2) is 67.0 Å². The average Bonchev–Trinajstić information content (AvgIpc) is 3.22. The molecule has 1 atom stereocenters. The maximum absolute atomic E-state index is 15.0. The lowest BCUT2D eigenvalue weighted by atomic mass is 10.1. The molecule has 1 aliphatic rings. The highest BCUT2D eigenvalue weighted by Gasteiger charge is 2.20. The van der Waals surface area contributed by atoms with E-state index in [4.69, 9.17) is 21.1 Å². The Bertz CT molecular complexity index is 1310. The van der Waals surface area contributed by atoms with Crippen LogP contribution in [0.25, 0.3) is 11.3 Å². The van der Waals surface area contributed by atoms with Crippen molar-refractivity contribution in [2.24, 2.45) is 0 Å². The molecule has 1 fully saturated rings. The van der Waals surface area contributed by atoms with Crippen LogP contribution < -0.4 is 4.74 Å². The molecule has 2 aromatic heterocycles. The van der Waals surface area contributed by atoms with Gasteiger partial charge in [-0.3, -0.25) is 0 Å². The molecule has 8 heteroatoms. The first-order valence-electron chi connectivity index (χ1n) is 11.0. The Morgan fingerprint density at radius 2 is 1.97 bits per heavy atom. The molecule has 174 valence electrons. The van der Waals surface area contributed by atoms with E-state index in [2.05, 4.69) is 14.5 Å². The van der Waals surface area contributed by atoms with Crippen molar-refractivity contribution >= 4 is 11.6 Å². The summed E-state index contributed by atoms with van der Waals surface area (Å²) in [5, 5.41) is 0.316. The van der Waals surface area contributed by atoms with Crippen LogP contribution in [0.4, 0.5) is 8.78 Å². The Balaban J connectivity index is 1.28. The monoisotopic (exact) mass is 481 g/mol. The van der Waals surface area contributed by atoms with E-state index in [0.717, 1.165) is 31.0 Å². The highest BCUT2D eigenvalue weighted by molar-refractivity contribution is 6.30. The summed E-state index contributed by atoms with van der Waals surface area (Å²) in [6.45, 7) is 1.55. The van der Waals surface area contributed by atoms with Crippen LogP contribution in [0.1, 0.15) is 23.4 Å². The molecular weight excluding hydrogens is 460 g/mol. The molecule has 34 heavy (non-hydrogen) atoms. The summed E-state index contributed by atoms with van der Waals surface area (Å²) in [4.78, 5) is 8.82. The predicted molar refractivity (Wildman–Crippen MR) is 125 cm³/mol. The molecule has 5 nitrogen and oxygen atoms in total. The highest BCUT2D eigenvalue weighted by atomic mass is 35.5. The van der Waals surface area contributed by atoms with Crippen LogP contribution in [-0.4, -0.2) is 27.2 Å². The van der Waals surface area contributed by atoms with Gasteiger partial charge in [0.05, 0.1) is 18.3 Å². The molecule has 0 unspecified atom stereocenters. The number of ether oxygens (including phenoxy) is 2. The van der Waals surface area contributed by atoms with E-state index in [-0.39, 0.29) is 24.4 Å². The maximum Gasteiger partial charge on any atom is 0.214 e. The molecular formula is C26H22ClF2N3O2. The Morgan fingerprint density at radius 1 is 1.09 bits per heavy atom. The quantitative estimate of drug-likeness (QED) is 0.317. The highest BCUT2D eigenvalue weighted by Crippen LogP contribution is 2.26. The van der Waals surface area contributed by atoms with E-state index in [0.29, 0.717) is 28.3 Å². The van der Waals surface area contributed by atoms with Gasteiger partial charge in [0.15, 0.2) is 0 Å². The van der Waals surface area contributed by atoms with Gasteiger partial charge in [0.1, 0.15) is 24.1 Å². The number of imidazole rings is 1. The van der Waals surface area contributed by atoms with Crippen LogP contribution in [0.2, 0.25) is 5.02 Å². The minimum Gasteiger partial charge on any atom is -0.473 e. The molecule has 5 rings (SSSR count). The van der Waals surface area contributed by atoms with E-state index in [1.165, 1.54) is 12.1 Å². The molecule has 0 aliphatic carbocycles. The summed E-state index contributed by atoms with van der Waals surface area (Å²) >= 11 is 5.79. The van der Waals surface area contributed by atoms with Gasteiger partial charge in [-0.25, -0.2) is 18.7 Å². The van der Waals surface area contributed by atoms with Crippen molar-refractivity contribution < 1.29 is 18.3 Å². The first kappa shape index (κ1) is 22.5. The molecule has 0 saturated carbocycles. The fourth-order valence-corrected chi connectivity index (χ4v) is 3.97. The largest absolute Gasteiger partial charge is 0.473 e. The van der Waals surface area contributed by atoms with Gasteiger partial charge in [-0.15, -0.1) is 0 Å². The van der Waals surface area contributed by atoms with Crippen molar-refractivity contribution in [3.05, 3.63) is 101 Å². The number of rotatable bonds is 8. The number of benzene rings is 2. The lowest BCUT2D eigenvalue weighted by Crippen LogP contribution is -2.31. The smallest absolute Gasteiger partial charge is 0.214 e. The second-order valence-electron chi connectivity index (χ2n) is 8.15. The van der Waals surface area contributed by atoms with Crippen molar-refractivity contribution in [3.8, 4) is 17.1 Å². The van der Waals surface area contributed by atoms with Crippen LogP contribution >= 0.6 is 11.6 Å². The third kappa shape index (κ3) is 5.11. The molecule has 0 amide bonds. The van der Waals surface area contributed by atoms with Crippen molar-refractivity contribution in [2.75, 3.05) is 6.61 Å². The number of hydrogen-bond acceptors (Lipinski definition) is 4. The van der Waals surface area contributed by atoms with Crippen molar-refractivity contribution in [1.29, 1.82) is 0 Å². The summed E-state index contributed by atoms with van der Waals surface area (Å²) in [5.74, 6) is 0.304. The number of pyridine rings is 1. The number of nitrogens with zero attached hydrogens (tertiary/aromatic N) is 3. The fraction of sp³-hybridized carbons (Fsp3) is 0.231. The van der Waals surface area contributed by atoms with Crippen LogP contribution in [-0.2, 0) is 24.3 Å². The van der Waals surface area contributed by atoms with Crippen molar-refractivity contribution in [2.45, 2.75) is 32.1 Å². The zero-order chi connectivity index (χ0) is 23.5. The first-order valence-corrected chi connectivity index (χ1v) is 11.4. The zero-order valence-corrected chi connectivity index (χ0v) is 19.0. The van der Waals surface area contributed by atoms with Gasteiger partial charge in [-0.1, -0.05) is 29.8 Å². The fourth-order valence-electron chi connectivity index (χ4n) is 3.82. The number of halogens is 3. The van der Waals surface area contributed by atoms with E-state index >= 15 is 4.39 Å². The second kappa shape index (κ2) is 9.91. The summed E-state index contributed by atoms with van der Waals surface area (Å²) < 4.78 is 42.2. The summed E-state index contributed by atoms with van der Waals surface area (Å²) in [6.07, 6.45) is 5.46. The summed E-state index contributed by atoms with van der Waals surface area (Å²) in [7, 11) is 0. The number of hydrogen-bond donors (Lipinski definition) is 0. The summed E-state index contributed by atoms with van der Waals surface area (Å²) in [5.41, 5.74) is 1.96. The molecule has 1 aliphatic heterocycles. The molecule has 0 radical (unpaired) electrons. The van der Waals surface area contributed by atoms with Gasteiger partial charge in [0, 0.05) is 47.6 Å². The van der Waals surface area contributed by atoms with E-state index in [9.17, 15) is 4.39 Å². The first-order chi connectivity index (χ1) is 16.5. The van der Waals surface area contributed by atoms with Crippen LogP contribution in [0, 0.1) is 11.6 Å². The standard InChI is InChI=1S/C26H22ClF2N3O2/c27-19-6-5-18(22(28)14-19)16-34-26-3-1-2-24(31-26)21-7-4-17(12-23(21)29)13-25-30-9-10-32(25)15-20-8-11-33-20/h1-7,9-10,12,14,20H,8,11,13,15-16H2/t20-/m0/s1. The van der Waals surface area contributed by atoms with Crippen molar-refractivity contribution in [1.82, 2.24) is 14.5 Å². The van der Waals surface area contributed by atoms with E-state index in [1.54, 1.807) is 42.6 Å². The molecule has 2 aromatic carbocycles. The van der Waals surface area contributed by atoms with Gasteiger partial charge < -0.3 is 14.0 Å². The minimum atomic E-state index is -0.453. The molecule has 1 saturated heterocycles. The van der Waals surface area contributed by atoms with Gasteiger partial charge in [-0.05, 0) is 42.3 Å². The van der Waals surface area contributed by atoms with Crippen molar-refractivity contribution in [3.63, 3.8) is 0 Å². The maximum atomic E-state index is 15.0. The minimum absolute atomic E-state index is 0.0145. The Kier molecular flexibility index (Phi) is 6.56. The van der Waals surface area contributed by atoms with Gasteiger partial charge >= 0.3 is 0 Å². The average molecular weight is 482 g/mol. The van der Waals surface area contributed by atoms with Gasteiger partial charge in [0.25, 0.3) is 0 Å². The SMILES string of the molecule is Fc1cc(Cl)ccc1COc1cccc(-c2ccc(Cc3nccn3C[C@@H]3CCO3)cc2F)n1. The Labute approximate surface area is 201 Å². The molecule has 4 aromatic rings. The summed E-state index contributed by atoms with van der Waals surface area (Å²) in [6, 6.07) is 14.5. The van der Waals surface area contributed by atoms with Gasteiger partial charge in [0.2, 0.25) is 5.88 Å². The van der Waals surface area contributed by atoms with E-state index in [1.807, 2.05) is 12.3 Å². The second-order valence-corrected chi connectivity index (χ2v) is 8.59.